The third-order valence-electron chi connectivity index (χ3n) is 3.79. The number of hydrogen-bond acceptors (Lipinski definition) is 5. The highest BCUT2D eigenvalue weighted by Gasteiger charge is 2.11. The molecule has 0 spiro atoms. The number of nitriles is 1. The largest absolute Gasteiger partial charge is 0.396 e. The first-order chi connectivity index (χ1) is 12.2. The molecule has 0 fully saturated rings. The summed E-state index contributed by atoms with van der Waals surface area (Å²) in [5.74, 6) is 0.611. The summed E-state index contributed by atoms with van der Waals surface area (Å²) in [4.78, 5) is 17.4. The summed E-state index contributed by atoms with van der Waals surface area (Å²) >= 11 is 1.46. The fourth-order valence-corrected chi connectivity index (χ4v) is 3.53. The van der Waals surface area contributed by atoms with Crippen LogP contribution in [-0.2, 0) is 12.3 Å². The molecule has 0 saturated heterocycles. The Hall–Kier alpha value is -2.62. The van der Waals surface area contributed by atoms with E-state index in [1.54, 1.807) is 16.7 Å². The molecule has 1 N–H and O–H groups in total. The number of nitrogens with zero attached hydrogens (tertiary/aromatic N) is 3. The lowest BCUT2D eigenvalue weighted by Crippen LogP contribution is -2.24. The molecule has 1 heterocycles. The molecule has 0 atom stereocenters. The molecular formula is C19H17N3O2S. The van der Waals surface area contributed by atoms with E-state index in [9.17, 15) is 4.79 Å². The minimum Gasteiger partial charge on any atom is -0.396 e. The van der Waals surface area contributed by atoms with Crippen LogP contribution in [0.25, 0.3) is 10.9 Å². The predicted octanol–water partition coefficient (Wildman–Crippen LogP) is 2.94. The summed E-state index contributed by atoms with van der Waals surface area (Å²) < 4.78 is 1.62. The Bertz CT molecular complexity index is 992. The SMILES string of the molecule is N#Cc1cccc(CSc2nc3ccccc3c(=O)n2CCCO)c1. The number of benzene rings is 2. The van der Waals surface area contributed by atoms with E-state index in [-0.39, 0.29) is 12.2 Å². The van der Waals surface area contributed by atoms with E-state index in [2.05, 4.69) is 11.1 Å². The Balaban J connectivity index is 1.95. The van der Waals surface area contributed by atoms with Gasteiger partial charge < -0.3 is 5.11 Å². The van der Waals surface area contributed by atoms with Crippen molar-refractivity contribution in [1.29, 1.82) is 5.26 Å². The minimum atomic E-state index is -0.0904. The van der Waals surface area contributed by atoms with Crippen LogP contribution in [0.15, 0.2) is 58.5 Å². The summed E-state index contributed by atoms with van der Waals surface area (Å²) in [6.07, 6.45) is 0.497. The molecule has 1 aromatic heterocycles. The van der Waals surface area contributed by atoms with Crippen molar-refractivity contribution in [3.63, 3.8) is 0 Å². The Morgan fingerprint density at radius 3 is 2.84 bits per heavy atom. The Morgan fingerprint density at radius 1 is 1.20 bits per heavy atom. The van der Waals surface area contributed by atoms with Crippen molar-refractivity contribution in [2.45, 2.75) is 23.9 Å². The van der Waals surface area contributed by atoms with Crippen molar-refractivity contribution < 1.29 is 5.11 Å². The van der Waals surface area contributed by atoms with E-state index in [0.717, 1.165) is 5.56 Å². The molecule has 0 aliphatic rings. The Kier molecular flexibility index (Phi) is 5.49. The zero-order chi connectivity index (χ0) is 17.6. The molecule has 0 aliphatic heterocycles. The van der Waals surface area contributed by atoms with Crippen molar-refractivity contribution in [3.8, 4) is 6.07 Å². The molecule has 0 amide bonds. The number of aliphatic hydroxyl groups is 1. The van der Waals surface area contributed by atoms with Crippen LogP contribution in [0.1, 0.15) is 17.5 Å². The number of thioether (sulfide) groups is 1. The summed E-state index contributed by atoms with van der Waals surface area (Å²) in [6, 6.07) is 16.8. The van der Waals surface area contributed by atoms with Gasteiger partial charge in [0.15, 0.2) is 5.16 Å². The monoisotopic (exact) mass is 351 g/mol. The standard InChI is InChI=1S/C19H17N3O2S/c20-12-14-5-3-6-15(11-14)13-25-19-21-17-8-2-1-7-16(17)18(24)22(19)9-4-10-23/h1-3,5-8,11,23H,4,9-10,13H2. The number of rotatable bonds is 6. The second-order valence-corrected chi connectivity index (χ2v) is 6.49. The first-order valence-electron chi connectivity index (χ1n) is 7.95. The molecule has 25 heavy (non-hydrogen) atoms. The van der Waals surface area contributed by atoms with Gasteiger partial charge in [0, 0.05) is 18.9 Å². The van der Waals surface area contributed by atoms with Crippen LogP contribution in [0, 0.1) is 11.3 Å². The van der Waals surface area contributed by atoms with Gasteiger partial charge in [0.1, 0.15) is 0 Å². The number of aliphatic hydroxyl groups excluding tert-OH is 1. The lowest BCUT2D eigenvalue weighted by Gasteiger charge is -2.12. The summed E-state index contributed by atoms with van der Waals surface area (Å²) in [5.41, 5.74) is 2.19. The zero-order valence-corrected chi connectivity index (χ0v) is 14.4. The van der Waals surface area contributed by atoms with E-state index in [1.165, 1.54) is 11.8 Å². The third-order valence-corrected chi connectivity index (χ3v) is 4.84. The van der Waals surface area contributed by atoms with Crippen LogP contribution < -0.4 is 5.56 Å². The maximum Gasteiger partial charge on any atom is 0.262 e. The molecule has 2 aromatic carbocycles. The summed E-state index contributed by atoms with van der Waals surface area (Å²) in [7, 11) is 0. The quantitative estimate of drug-likeness (QED) is 0.546. The highest BCUT2D eigenvalue weighted by atomic mass is 32.2. The lowest BCUT2D eigenvalue weighted by molar-refractivity contribution is 0.276. The maximum absolute atomic E-state index is 12.8. The van der Waals surface area contributed by atoms with Crippen molar-refractivity contribution in [1.82, 2.24) is 9.55 Å². The maximum atomic E-state index is 12.8. The number of fused-ring (bicyclic) bond motifs is 1. The molecular weight excluding hydrogens is 334 g/mol. The Labute approximate surface area is 149 Å². The van der Waals surface area contributed by atoms with E-state index < -0.39 is 0 Å². The highest BCUT2D eigenvalue weighted by Crippen LogP contribution is 2.22. The molecule has 0 saturated carbocycles. The topological polar surface area (TPSA) is 78.9 Å². The van der Waals surface area contributed by atoms with Crippen molar-refractivity contribution >= 4 is 22.7 Å². The van der Waals surface area contributed by atoms with Gasteiger partial charge in [0.05, 0.1) is 22.5 Å². The van der Waals surface area contributed by atoms with Crippen LogP contribution in [0.3, 0.4) is 0 Å². The van der Waals surface area contributed by atoms with Gasteiger partial charge in [-0.05, 0) is 36.2 Å². The van der Waals surface area contributed by atoms with Gasteiger partial charge in [0.25, 0.3) is 5.56 Å². The van der Waals surface area contributed by atoms with Crippen molar-refractivity contribution in [2.75, 3.05) is 6.61 Å². The smallest absolute Gasteiger partial charge is 0.262 e. The van der Waals surface area contributed by atoms with Crippen LogP contribution in [0.5, 0.6) is 0 Å². The van der Waals surface area contributed by atoms with E-state index in [1.807, 2.05) is 36.4 Å². The second-order valence-electron chi connectivity index (χ2n) is 5.55. The van der Waals surface area contributed by atoms with Gasteiger partial charge >= 0.3 is 0 Å². The highest BCUT2D eigenvalue weighted by molar-refractivity contribution is 7.98. The average Bonchev–Trinajstić information content (AvgIpc) is 2.66. The average molecular weight is 351 g/mol. The summed E-state index contributed by atoms with van der Waals surface area (Å²) in [5, 5.41) is 19.3. The van der Waals surface area contributed by atoms with Crippen molar-refractivity contribution in [2.24, 2.45) is 0 Å². The third kappa shape index (κ3) is 3.90. The van der Waals surface area contributed by atoms with E-state index in [4.69, 9.17) is 10.4 Å². The van der Waals surface area contributed by atoms with E-state index in [0.29, 0.717) is 40.3 Å². The molecule has 5 nitrogen and oxygen atoms in total. The molecule has 3 aromatic rings. The number of hydrogen-bond donors (Lipinski definition) is 1. The first kappa shape index (κ1) is 17.2. The molecule has 3 rings (SSSR count). The minimum absolute atomic E-state index is 0.0214. The molecule has 6 heteroatoms. The normalized spacial score (nSPS) is 10.7. The van der Waals surface area contributed by atoms with Gasteiger partial charge in [-0.2, -0.15) is 5.26 Å². The molecule has 0 unspecified atom stereocenters. The zero-order valence-electron chi connectivity index (χ0n) is 13.6. The van der Waals surface area contributed by atoms with Gasteiger partial charge in [-0.15, -0.1) is 0 Å². The van der Waals surface area contributed by atoms with E-state index >= 15 is 0 Å². The van der Waals surface area contributed by atoms with Crippen LogP contribution in [0.4, 0.5) is 0 Å². The Morgan fingerprint density at radius 2 is 2.04 bits per heavy atom. The van der Waals surface area contributed by atoms with Gasteiger partial charge in [-0.3, -0.25) is 9.36 Å². The lowest BCUT2D eigenvalue weighted by atomic mass is 10.2. The van der Waals surface area contributed by atoms with Crippen molar-refractivity contribution in [3.05, 3.63) is 70.0 Å². The predicted molar refractivity (Wildman–Crippen MR) is 98.4 cm³/mol. The number of aromatic nitrogens is 2. The summed E-state index contributed by atoms with van der Waals surface area (Å²) in [6.45, 7) is 0.446. The number of para-hydroxylation sites is 1. The molecule has 0 bridgehead atoms. The first-order valence-corrected chi connectivity index (χ1v) is 8.94. The van der Waals surface area contributed by atoms with Crippen LogP contribution in [-0.4, -0.2) is 21.3 Å². The van der Waals surface area contributed by atoms with Gasteiger partial charge in [-0.25, -0.2) is 4.98 Å². The molecule has 0 radical (unpaired) electrons. The second kappa shape index (κ2) is 7.97. The fourth-order valence-electron chi connectivity index (χ4n) is 2.56. The molecule has 0 aliphatic carbocycles. The fraction of sp³-hybridized carbons (Fsp3) is 0.211. The molecule has 126 valence electrons. The van der Waals surface area contributed by atoms with Crippen LogP contribution >= 0.6 is 11.8 Å². The van der Waals surface area contributed by atoms with Gasteiger partial charge in [0.2, 0.25) is 0 Å². The van der Waals surface area contributed by atoms with Crippen LogP contribution in [0.2, 0.25) is 0 Å². The van der Waals surface area contributed by atoms with Gasteiger partial charge in [-0.1, -0.05) is 36.0 Å².